The summed E-state index contributed by atoms with van der Waals surface area (Å²) in [6, 6.07) is 0. The van der Waals surface area contributed by atoms with Gasteiger partial charge in [0.05, 0.1) is 6.61 Å². The minimum Gasteiger partial charge on any atom is -0.465 e. The van der Waals surface area contributed by atoms with Crippen molar-refractivity contribution in [3.05, 3.63) is 0 Å². The standard InChI is InChI=1S/C20H34NO4S/c1-5-24-17(22)20(14-26(15-6-7-15)16-8-9-16)10-12-21(13-11-20)18(23)25-19(2,3)4/h15-16H,5-14H2,1-4H3/q+1. The lowest BCUT2D eigenvalue weighted by Gasteiger charge is -2.39. The third-order valence-electron chi connectivity index (χ3n) is 5.43. The molecule has 3 aliphatic rings. The maximum Gasteiger partial charge on any atom is 0.410 e. The molecule has 0 aromatic heterocycles. The Hall–Kier alpha value is -0.910. The van der Waals surface area contributed by atoms with Gasteiger partial charge in [0, 0.05) is 13.1 Å². The summed E-state index contributed by atoms with van der Waals surface area (Å²) in [5.41, 5.74) is -0.889. The van der Waals surface area contributed by atoms with Gasteiger partial charge in [-0.05, 0) is 77.1 Å². The number of esters is 1. The fourth-order valence-corrected chi connectivity index (χ4v) is 7.25. The molecule has 0 N–H and O–H groups in total. The predicted molar refractivity (Wildman–Crippen MR) is 104 cm³/mol. The van der Waals surface area contributed by atoms with Gasteiger partial charge in [0.1, 0.15) is 27.3 Å². The Kier molecular flexibility index (Phi) is 5.80. The average Bonchev–Trinajstić information content (AvgIpc) is 3.46. The first-order valence-electron chi connectivity index (χ1n) is 10.1. The van der Waals surface area contributed by atoms with Gasteiger partial charge in [0.25, 0.3) is 0 Å². The van der Waals surface area contributed by atoms with Gasteiger partial charge in [-0.2, -0.15) is 0 Å². The van der Waals surface area contributed by atoms with E-state index in [0.29, 0.717) is 43.4 Å². The maximum atomic E-state index is 12.9. The first kappa shape index (κ1) is 19.8. The summed E-state index contributed by atoms with van der Waals surface area (Å²) in [5, 5.41) is 1.69. The van der Waals surface area contributed by atoms with Crippen molar-refractivity contribution in [2.45, 2.75) is 82.3 Å². The van der Waals surface area contributed by atoms with E-state index in [-0.39, 0.29) is 12.1 Å². The van der Waals surface area contributed by atoms with E-state index in [9.17, 15) is 9.59 Å². The molecule has 0 bridgehead atoms. The highest BCUT2D eigenvalue weighted by Gasteiger charge is 2.57. The largest absolute Gasteiger partial charge is 0.465 e. The summed E-state index contributed by atoms with van der Waals surface area (Å²) in [4.78, 5) is 27.0. The van der Waals surface area contributed by atoms with Gasteiger partial charge in [-0.15, -0.1) is 0 Å². The normalized spacial score (nSPS) is 23.0. The summed E-state index contributed by atoms with van der Waals surface area (Å²) in [6.45, 7) is 9.12. The first-order chi connectivity index (χ1) is 12.2. The summed E-state index contributed by atoms with van der Waals surface area (Å²) >= 11 is 0. The number of carbonyl (C=O) groups is 2. The van der Waals surface area contributed by atoms with Crippen LogP contribution in [0.2, 0.25) is 0 Å². The highest BCUT2D eigenvalue weighted by molar-refractivity contribution is 7.98. The predicted octanol–water partition coefficient (Wildman–Crippen LogP) is 3.51. The Morgan fingerprint density at radius 3 is 2.04 bits per heavy atom. The zero-order valence-electron chi connectivity index (χ0n) is 16.7. The fourth-order valence-electron chi connectivity index (χ4n) is 3.70. The number of nitrogens with zero attached hydrogens (tertiary/aromatic N) is 1. The lowest BCUT2D eigenvalue weighted by molar-refractivity contribution is -0.156. The quantitative estimate of drug-likeness (QED) is 0.519. The van der Waals surface area contributed by atoms with Crippen molar-refractivity contribution in [2.24, 2.45) is 5.41 Å². The smallest absolute Gasteiger partial charge is 0.410 e. The molecular formula is C20H34NO4S+. The fraction of sp³-hybridized carbons (Fsp3) is 0.900. The molecule has 0 aromatic carbocycles. The Balaban J connectivity index is 1.66. The second-order valence-electron chi connectivity index (χ2n) is 8.98. The highest BCUT2D eigenvalue weighted by atomic mass is 32.2. The van der Waals surface area contributed by atoms with Gasteiger partial charge in [-0.1, -0.05) is 0 Å². The van der Waals surface area contributed by atoms with Crippen molar-refractivity contribution in [1.29, 1.82) is 0 Å². The van der Waals surface area contributed by atoms with Crippen LogP contribution in [0.15, 0.2) is 0 Å². The van der Waals surface area contributed by atoms with Gasteiger partial charge in [0.2, 0.25) is 0 Å². The molecule has 1 aliphatic heterocycles. The minimum atomic E-state index is -0.489. The zero-order valence-corrected chi connectivity index (χ0v) is 17.5. The molecule has 2 saturated carbocycles. The topological polar surface area (TPSA) is 55.8 Å². The van der Waals surface area contributed by atoms with Crippen molar-refractivity contribution in [3.8, 4) is 0 Å². The zero-order chi connectivity index (χ0) is 18.9. The van der Waals surface area contributed by atoms with Crippen LogP contribution in [0.3, 0.4) is 0 Å². The van der Waals surface area contributed by atoms with E-state index >= 15 is 0 Å². The second kappa shape index (κ2) is 7.61. The third kappa shape index (κ3) is 4.87. The molecule has 0 aromatic rings. The average molecular weight is 385 g/mol. The van der Waals surface area contributed by atoms with Crippen molar-refractivity contribution in [1.82, 2.24) is 4.90 Å². The van der Waals surface area contributed by atoms with Gasteiger partial charge in [-0.25, -0.2) is 4.79 Å². The van der Waals surface area contributed by atoms with E-state index in [1.807, 2.05) is 27.7 Å². The first-order valence-corrected chi connectivity index (χ1v) is 11.6. The number of ether oxygens (including phenoxy) is 2. The number of likely N-dealkylation sites (tertiary alicyclic amines) is 1. The van der Waals surface area contributed by atoms with Crippen LogP contribution in [0.4, 0.5) is 4.79 Å². The van der Waals surface area contributed by atoms with E-state index in [1.54, 1.807) is 4.90 Å². The molecule has 0 unspecified atom stereocenters. The Morgan fingerprint density at radius 2 is 1.62 bits per heavy atom. The summed E-state index contributed by atoms with van der Waals surface area (Å²) in [7, 11) is 0.360. The van der Waals surface area contributed by atoms with Crippen LogP contribution >= 0.6 is 0 Å². The second-order valence-corrected chi connectivity index (χ2v) is 11.5. The van der Waals surface area contributed by atoms with Crippen molar-refractivity contribution < 1.29 is 19.1 Å². The number of amides is 1. The van der Waals surface area contributed by atoms with Gasteiger partial charge < -0.3 is 14.4 Å². The number of rotatable bonds is 6. The molecule has 6 heteroatoms. The lowest BCUT2D eigenvalue weighted by atomic mass is 9.80. The van der Waals surface area contributed by atoms with E-state index < -0.39 is 11.0 Å². The van der Waals surface area contributed by atoms with Crippen LogP contribution in [-0.4, -0.2) is 58.5 Å². The molecule has 0 radical (unpaired) electrons. The highest BCUT2D eigenvalue weighted by Crippen LogP contribution is 2.47. The molecule has 1 saturated heterocycles. The Morgan fingerprint density at radius 1 is 1.08 bits per heavy atom. The molecule has 2 aliphatic carbocycles. The molecule has 5 nitrogen and oxygen atoms in total. The molecule has 1 heterocycles. The summed E-state index contributed by atoms with van der Waals surface area (Å²) in [6.07, 6.45) is 6.48. The minimum absolute atomic E-state index is 0.0392. The van der Waals surface area contributed by atoms with Crippen molar-refractivity contribution in [3.63, 3.8) is 0 Å². The molecule has 1 amide bonds. The molecule has 0 spiro atoms. The molecule has 148 valence electrons. The third-order valence-corrected chi connectivity index (χ3v) is 8.97. The van der Waals surface area contributed by atoms with E-state index in [0.717, 1.165) is 16.3 Å². The maximum absolute atomic E-state index is 12.9. The van der Waals surface area contributed by atoms with E-state index in [1.165, 1.54) is 25.7 Å². The molecule has 26 heavy (non-hydrogen) atoms. The van der Waals surface area contributed by atoms with Crippen LogP contribution in [0.1, 0.15) is 66.2 Å². The molecule has 3 fully saturated rings. The van der Waals surface area contributed by atoms with Crippen molar-refractivity contribution in [2.75, 3.05) is 25.4 Å². The van der Waals surface area contributed by atoms with Crippen molar-refractivity contribution >= 4 is 23.0 Å². The van der Waals surface area contributed by atoms with Gasteiger partial charge in [0.15, 0.2) is 0 Å². The van der Waals surface area contributed by atoms with E-state index in [2.05, 4.69) is 0 Å². The van der Waals surface area contributed by atoms with Crippen LogP contribution in [0.25, 0.3) is 0 Å². The van der Waals surface area contributed by atoms with Crippen LogP contribution in [0.5, 0.6) is 0 Å². The number of piperidine rings is 1. The SMILES string of the molecule is CCOC(=O)C1(C[S+](C2CC2)C2CC2)CCN(C(=O)OC(C)(C)C)CC1. The Bertz CT molecular complexity index is 516. The van der Waals surface area contributed by atoms with Gasteiger partial charge in [-0.3, -0.25) is 4.79 Å². The Labute approximate surface area is 160 Å². The van der Waals surface area contributed by atoms with Crippen LogP contribution in [0, 0.1) is 5.41 Å². The lowest BCUT2D eigenvalue weighted by Crippen LogP contribution is -2.51. The molecular weight excluding hydrogens is 350 g/mol. The monoisotopic (exact) mass is 384 g/mol. The van der Waals surface area contributed by atoms with E-state index in [4.69, 9.17) is 9.47 Å². The van der Waals surface area contributed by atoms with Crippen LogP contribution in [-0.2, 0) is 25.2 Å². The molecule has 3 rings (SSSR count). The number of hydrogen-bond acceptors (Lipinski definition) is 4. The number of hydrogen-bond donors (Lipinski definition) is 0. The summed E-state index contributed by atoms with van der Waals surface area (Å²) in [5.74, 6) is 0.936. The molecule has 0 atom stereocenters. The van der Waals surface area contributed by atoms with Crippen LogP contribution < -0.4 is 0 Å². The van der Waals surface area contributed by atoms with Gasteiger partial charge >= 0.3 is 12.1 Å². The summed E-state index contributed by atoms with van der Waals surface area (Å²) < 4.78 is 11.0. The number of carbonyl (C=O) groups excluding carboxylic acids is 2.